The summed E-state index contributed by atoms with van der Waals surface area (Å²) in [6.45, 7) is 2.22. The van der Waals surface area contributed by atoms with Gasteiger partial charge in [-0.1, -0.05) is 26.2 Å². The topological polar surface area (TPSA) is 18.5 Å². The number of hydrogen-bond donors (Lipinski definition) is 1. The Balaban J connectivity index is 3.42. The van der Waals surface area contributed by atoms with Crippen molar-refractivity contribution in [3.63, 3.8) is 0 Å². The van der Waals surface area contributed by atoms with Gasteiger partial charge in [0, 0.05) is 19.5 Å². The Morgan fingerprint density at radius 3 is 2.31 bits per heavy atom. The molecule has 0 rings (SSSR count). The van der Waals surface area contributed by atoms with Gasteiger partial charge in [-0.3, -0.25) is 0 Å². The van der Waals surface area contributed by atoms with E-state index in [-0.39, 0.29) is 0 Å². The fourth-order valence-electron chi connectivity index (χ4n) is 1.26. The molecule has 0 bridgehead atoms. The summed E-state index contributed by atoms with van der Waals surface area (Å²) in [6, 6.07) is 1.01. The van der Waals surface area contributed by atoms with E-state index in [1.807, 2.05) is 0 Å². The molecule has 1 unspecified atom stereocenters. The maximum Gasteiger partial charge on any atom is 0.321 e. The molecular weight excluding hydrogens is 200 g/mol. The summed E-state index contributed by atoms with van der Waals surface area (Å²) in [6.07, 6.45) is 5.05. The molecular formula is C9H22O2SSi. The number of hydrogen-bond acceptors (Lipinski definition) is 3. The van der Waals surface area contributed by atoms with E-state index in [9.17, 15) is 0 Å². The van der Waals surface area contributed by atoms with E-state index in [0.29, 0.717) is 5.25 Å². The lowest BCUT2D eigenvalue weighted by Gasteiger charge is -2.15. The Labute approximate surface area is 89.3 Å². The molecule has 80 valence electrons. The Hall–Kier alpha value is 0.487. The fourth-order valence-corrected chi connectivity index (χ4v) is 3.21. The molecule has 0 aromatic rings. The quantitative estimate of drug-likeness (QED) is 0.386. The third-order valence-corrected chi connectivity index (χ3v) is 5.00. The van der Waals surface area contributed by atoms with Crippen LogP contribution in [0.4, 0.5) is 0 Å². The third-order valence-electron chi connectivity index (χ3n) is 2.13. The summed E-state index contributed by atoms with van der Waals surface area (Å²) in [5.41, 5.74) is 0. The molecule has 0 amide bonds. The first kappa shape index (κ1) is 13.5. The molecule has 4 heteroatoms. The van der Waals surface area contributed by atoms with E-state index in [0.717, 1.165) is 6.04 Å². The first-order valence-corrected chi connectivity index (χ1v) is 7.25. The highest BCUT2D eigenvalue weighted by atomic mass is 32.1. The highest BCUT2D eigenvalue weighted by molar-refractivity contribution is 7.81. The number of unbranched alkanes of at least 4 members (excludes halogenated alkanes) is 2. The number of thiol groups is 1. The van der Waals surface area contributed by atoms with Gasteiger partial charge in [0.2, 0.25) is 0 Å². The van der Waals surface area contributed by atoms with E-state index in [4.69, 9.17) is 8.85 Å². The first-order valence-electron chi connectivity index (χ1n) is 4.98. The summed E-state index contributed by atoms with van der Waals surface area (Å²) in [7, 11) is 2.08. The van der Waals surface area contributed by atoms with Gasteiger partial charge in [-0.25, -0.2) is 0 Å². The van der Waals surface area contributed by atoms with Crippen LogP contribution in [0.3, 0.4) is 0 Å². The molecule has 1 atom stereocenters. The molecule has 0 heterocycles. The zero-order valence-corrected chi connectivity index (χ0v) is 11.0. The molecule has 0 radical (unpaired) electrons. The van der Waals surface area contributed by atoms with Crippen LogP contribution in [0, 0.1) is 0 Å². The predicted octanol–water partition coefficient (Wildman–Crippen LogP) is 2.38. The van der Waals surface area contributed by atoms with E-state index >= 15 is 0 Å². The normalized spacial score (nSPS) is 13.6. The van der Waals surface area contributed by atoms with Gasteiger partial charge in [0.25, 0.3) is 0 Å². The molecule has 0 saturated carbocycles. The van der Waals surface area contributed by atoms with E-state index < -0.39 is 9.28 Å². The van der Waals surface area contributed by atoms with Crippen molar-refractivity contribution in [1.29, 1.82) is 0 Å². The zero-order valence-electron chi connectivity index (χ0n) is 8.95. The van der Waals surface area contributed by atoms with Gasteiger partial charge in [0.05, 0.1) is 0 Å². The Morgan fingerprint density at radius 2 is 1.85 bits per heavy atom. The van der Waals surface area contributed by atoms with Crippen molar-refractivity contribution in [2.75, 3.05) is 14.2 Å². The highest BCUT2D eigenvalue weighted by Crippen LogP contribution is 2.15. The molecule has 0 aliphatic carbocycles. The van der Waals surface area contributed by atoms with Gasteiger partial charge in [-0.05, 0) is 12.5 Å². The van der Waals surface area contributed by atoms with Gasteiger partial charge in [0.15, 0.2) is 0 Å². The van der Waals surface area contributed by atoms with Crippen LogP contribution in [-0.2, 0) is 8.85 Å². The van der Waals surface area contributed by atoms with Crippen LogP contribution in [0.1, 0.15) is 32.6 Å². The van der Waals surface area contributed by atoms with Crippen LogP contribution < -0.4 is 0 Å². The van der Waals surface area contributed by atoms with Crippen molar-refractivity contribution in [1.82, 2.24) is 0 Å². The van der Waals surface area contributed by atoms with Gasteiger partial charge >= 0.3 is 9.28 Å². The van der Waals surface area contributed by atoms with Crippen LogP contribution in [0.5, 0.6) is 0 Å². The van der Waals surface area contributed by atoms with Crippen LogP contribution in [0.15, 0.2) is 0 Å². The first-order chi connectivity index (χ1) is 6.24. The lowest BCUT2D eigenvalue weighted by molar-refractivity contribution is 0.276. The summed E-state index contributed by atoms with van der Waals surface area (Å²) in [5.74, 6) is 0. The molecule has 0 fully saturated rings. The molecule has 0 saturated heterocycles. The second-order valence-electron chi connectivity index (χ2n) is 3.29. The van der Waals surface area contributed by atoms with Gasteiger partial charge < -0.3 is 8.85 Å². The predicted molar refractivity (Wildman–Crippen MR) is 62.9 cm³/mol. The monoisotopic (exact) mass is 222 g/mol. The van der Waals surface area contributed by atoms with Crippen LogP contribution in [-0.4, -0.2) is 28.8 Å². The second kappa shape index (κ2) is 9.06. The van der Waals surface area contributed by atoms with Gasteiger partial charge in [0.1, 0.15) is 0 Å². The van der Waals surface area contributed by atoms with Crippen LogP contribution in [0.2, 0.25) is 6.04 Å². The lowest BCUT2D eigenvalue weighted by atomic mass is 10.2. The van der Waals surface area contributed by atoms with Crippen molar-refractivity contribution in [3.8, 4) is 0 Å². The third kappa shape index (κ3) is 7.55. The minimum absolute atomic E-state index is 0.461. The van der Waals surface area contributed by atoms with E-state index in [1.165, 1.54) is 25.7 Å². The molecule has 0 spiro atoms. The highest BCUT2D eigenvalue weighted by Gasteiger charge is 2.14. The minimum Gasteiger partial charge on any atom is -0.400 e. The second-order valence-corrected chi connectivity index (χ2v) is 6.29. The minimum atomic E-state index is -1.38. The molecule has 0 aromatic heterocycles. The Bertz CT molecular complexity index is 110. The largest absolute Gasteiger partial charge is 0.400 e. The maximum absolute atomic E-state index is 5.24. The Morgan fingerprint density at radius 1 is 1.23 bits per heavy atom. The average Bonchev–Trinajstić information content (AvgIpc) is 2.14. The van der Waals surface area contributed by atoms with Crippen LogP contribution in [0.25, 0.3) is 0 Å². The number of rotatable bonds is 8. The molecule has 13 heavy (non-hydrogen) atoms. The molecule has 0 aliphatic rings. The fraction of sp³-hybridized carbons (Fsp3) is 1.00. The van der Waals surface area contributed by atoms with Crippen molar-refractivity contribution in [3.05, 3.63) is 0 Å². The van der Waals surface area contributed by atoms with Crippen molar-refractivity contribution in [2.45, 2.75) is 43.9 Å². The van der Waals surface area contributed by atoms with Gasteiger partial charge in [-0.2, -0.15) is 12.6 Å². The van der Waals surface area contributed by atoms with Gasteiger partial charge in [-0.15, -0.1) is 0 Å². The zero-order chi connectivity index (χ0) is 10.1. The molecule has 2 nitrogen and oxygen atoms in total. The maximum atomic E-state index is 5.24. The summed E-state index contributed by atoms with van der Waals surface area (Å²) < 4.78 is 10.5. The van der Waals surface area contributed by atoms with Crippen molar-refractivity contribution < 1.29 is 8.85 Å². The SMILES string of the molecule is CCCCCC(S)C[SiH](OC)OC. The van der Waals surface area contributed by atoms with Crippen molar-refractivity contribution >= 4 is 21.9 Å². The summed E-state index contributed by atoms with van der Waals surface area (Å²) in [4.78, 5) is 0. The van der Waals surface area contributed by atoms with E-state index in [1.54, 1.807) is 14.2 Å². The summed E-state index contributed by atoms with van der Waals surface area (Å²) in [5, 5.41) is 0.461. The lowest BCUT2D eigenvalue weighted by Crippen LogP contribution is -2.23. The molecule has 0 aromatic carbocycles. The van der Waals surface area contributed by atoms with Crippen LogP contribution >= 0.6 is 12.6 Å². The standard InChI is InChI=1S/C9H22O2SSi/c1-4-5-6-7-9(12)8-13(10-2)11-3/h9,12-13H,4-8H2,1-3H3. The van der Waals surface area contributed by atoms with Crippen molar-refractivity contribution in [2.24, 2.45) is 0 Å². The smallest absolute Gasteiger partial charge is 0.321 e. The molecule has 0 N–H and O–H groups in total. The Kier molecular flexibility index (Phi) is 9.40. The average molecular weight is 222 g/mol. The van der Waals surface area contributed by atoms with E-state index in [2.05, 4.69) is 19.6 Å². The molecule has 0 aliphatic heterocycles. The summed E-state index contributed by atoms with van der Waals surface area (Å²) >= 11 is 4.52.